The minimum atomic E-state index is -3.86. The lowest BCUT2D eigenvalue weighted by molar-refractivity contribution is -0.120. The molecule has 1 aromatic heterocycles. The maximum absolute atomic E-state index is 13.0. The number of rotatable bonds is 7. The van der Waals surface area contributed by atoms with Gasteiger partial charge >= 0.3 is 0 Å². The third kappa shape index (κ3) is 5.80. The van der Waals surface area contributed by atoms with Crippen LogP contribution in [0.2, 0.25) is 0 Å². The molecule has 11 heteroatoms. The molecule has 3 aromatic rings. The molecule has 1 aliphatic heterocycles. The van der Waals surface area contributed by atoms with Crippen LogP contribution < -0.4 is 5.32 Å². The van der Waals surface area contributed by atoms with Crippen LogP contribution in [0.25, 0.3) is 11.3 Å². The van der Waals surface area contributed by atoms with E-state index in [1.807, 2.05) is 17.5 Å². The molecule has 1 aliphatic rings. The zero-order valence-electron chi connectivity index (χ0n) is 19.5. The lowest BCUT2D eigenvalue weighted by atomic mass is 9.97. The van der Waals surface area contributed by atoms with Crippen molar-refractivity contribution in [3.63, 3.8) is 0 Å². The van der Waals surface area contributed by atoms with Crippen LogP contribution in [0.15, 0.2) is 63.7 Å². The summed E-state index contributed by atoms with van der Waals surface area (Å²) < 4.78 is 51.0. The fourth-order valence-electron chi connectivity index (χ4n) is 3.96. The third-order valence-electron chi connectivity index (χ3n) is 6.09. The van der Waals surface area contributed by atoms with Crippen LogP contribution in [-0.2, 0) is 31.1 Å². The number of anilines is 1. The lowest BCUT2D eigenvalue weighted by Gasteiger charge is -2.30. The number of amides is 1. The van der Waals surface area contributed by atoms with E-state index in [0.717, 1.165) is 23.9 Å². The first kappa shape index (κ1) is 25.5. The Labute approximate surface area is 210 Å². The van der Waals surface area contributed by atoms with Gasteiger partial charge in [0.05, 0.1) is 15.5 Å². The van der Waals surface area contributed by atoms with Crippen molar-refractivity contribution in [2.24, 2.45) is 5.92 Å². The number of carbonyl (C=O) groups excluding carboxylic acids is 1. The Morgan fingerprint density at radius 2 is 1.71 bits per heavy atom. The number of piperidine rings is 1. The van der Waals surface area contributed by atoms with Crippen LogP contribution in [0.3, 0.4) is 0 Å². The summed E-state index contributed by atoms with van der Waals surface area (Å²) in [4.78, 5) is 17.2. The van der Waals surface area contributed by atoms with E-state index in [-0.39, 0.29) is 34.7 Å². The topological polar surface area (TPSA) is 114 Å². The number of sulfonamides is 1. The molecule has 2 aromatic carbocycles. The predicted molar refractivity (Wildman–Crippen MR) is 137 cm³/mol. The average molecular weight is 534 g/mol. The van der Waals surface area contributed by atoms with Gasteiger partial charge in [0.25, 0.3) is 0 Å². The maximum atomic E-state index is 13.0. The summed E-state index contributed by atoms with van der Waals surface area (Å²) in [6.07, 6.45) is 2.74. The predicted octanol–water partition coefficient (Wildman–Crippen LogP) is 3.82. The number of thiazole rings is 1. The second-order valence-corrected chi connectivity index (χ2v) is 13.3. The number of hydrogen-bond acceptors (Lipinski definition) is 7. The molecular formula is C24H27N3O5S3. The third-order valence-corrected chi connectivity index (χ3v) is 9.85. The smallest absolute Gasteiger partial charge is 0.243 e. The molecule has 8 nitrogen and oxygen atoms in total. The van der Waals surface area contributed by atoms with Crippen molar-refractivity contribution in [3.05, 3.63) is 59.5 Å². The quantitative estimate of drug-likeness (QED) is 0.494. The number of nitrogens with zero attached hydrogens (tertiary/aromatic N) is 2. The fourth-order valence-corrected chi connectivity index (χ4v) is 6.94. The maximum Gasteiger partial charge on any atom is 0.243 e. The van der Waals surface area contributed by atoms with E-state index in [9.17, 15) is 21.6 Å². The van der Waals surface area contributed by atoms with E-state index in [1.54, 1.807) is 0 Å². The van der Waals surface area contributed by atoms with Gasteiger partial charge in [-0.1, -0.05) is 37.3 Å². The Balaban J connectivity index is 1.37. The zero-order chi connectivity index (χ0) is 25.2. The molecule has 1 saturated heterocycles. The van der Waals surface area contributed by atoms with Gasteiger partial charge in [0.1, 0.15) is 0 Å². The van der Waals surface area contributed by atoms with Gasteiger partial charge in [-0.15, -0.1) is 11.3 Å². The van der Waals surface area contributed by atoms with Crippen LogP contribution in [0.1, 0.15) is 25.3 Å². The van der Waals surface area contributed by atoms with Gasteiger partial charge in [-0.3, -0.25) is 4.79 Å². The van der Waals surface area contributed by atoms with Gasteiger partial charge in [0, 0.05) is 36.2 Å². The van der Waals surface area contributed by atoms with Crippen molar-refractivity contribution >= 4 is 42.2 Å². The minimum absolute atomic E-state index is 0.0445. The number of aryl methyl sites for hydroxylation is 1. The minimum Gasteiger partial charge on any atom is -0.302 e. The highest BCUT2D eigenvalue weighted by Gasteiger charge is 2.32. The average Bonchev–Trinajstić information content (AvgIpc) is 3.32. The molecule has 1 fully saturated rings. The summed E-state index contributed by atoms with van der Waals surface area (Å²) in [6.45, 7) is 2.45. The van der Waals surface area contributed by atoms with E-state index >= 15 is 0 Å². The first-order chi connectivity index (χ1) is 16.6. The summed E-state index contributed by atoms with van der Waals surface area (Å²) >= 11 is 1.35. The second-order valence-electron chi connectivity index (χ2n) is 8.50. The zero-order valence-corrected chi connectivity index (χ0v) is 21.9. The summed E-state index contributed by atoms with van der Waals surface area (Å²) in [5, 5.41) is 5.28. The number of aromatic nitrogens is 1. The van der Waals surface area contributed by atoms with Crippen molar-refractivity contribution < 1.29 is 21.6 Å². The van der Waals surface area contributed by atoms with Crippen molar-refractivity contribution in [1.29, 1.82) is 0 Å². The summed E-state index contributed by atoms with van der Waals surface area (Å²) in [5.74, 6) is -0.511. The Bertz CT molecular complexity index is 1420. The van der Waals surface area contributed by atoms with E-state index in [4.69, 9.17) is 0 Å². The SMILES string of the molecule is CCc1ccc(-c2csc(NC(=O)C3CCN(S(=O)(=O)c4cccc(S(C)(=O)=O)c4)CC3)n2)cc1. The molecule has 186 valence electrons. The van der Waals surface area contributed by atoms with Crippen molar-refractivity contribution in [3.8, 4) is 11.3 Å². The highest BCUT2D eigenvalue weighted by molar-refractivity contribution is 7.91. The molecule has 0 bridgehead atoms. The molecule has 1 amide bonds. The largest absolute Gasteiger partial charge is 0.302 e. The molecule has 1 N–H and O–H groups in total. The molecule has 0 saturated carbocycles. The van der Waals surface area contributed by atoms with Crippen molar-refractivity contribution in [2.75, 3.05) is 24.7 Å². The highest BCUT2D eigenvalue weighted by Crippen LogP contribution is 2.28. The van der Waals surface area contributed by atoms with Gasteiger partial charge in [0.2, 0.25) is 15.9 Å². The van der Waals surface area contributed by atoms with E-state index < -0.39 is 19.9 Å². The highest BCUT2D eigenvalue weighted by atomic mass is 32.2. The molecule has 35 heavy (non-hydrogen) atoms. The standard InChI is InChI=1S/C24H27N3O5S3/c1-3-17-7-9-18(10-8-17)22-16-33-24(25-22)26-23(28)19-11-13-27(14-12-19)35(31,32)21-6-4-5-20(15-21)34(2,29)30/h4-10,15-16,19H,3,11-14H2,1-2H3,(H,25,26,28). The molecule has 2 heterocycles. The fraction of sp³-hybridized carbons (Fsp3) is 0.333. The molecule has 0 spiro atoms. The molecule has 0 unspecified atom stereocenters. The Kier molecular flexibility index (Phi) is 7.41. The summed E-state index contributed by atoms with van der Waals surface area (Å²) in [6, 6.07) is 13.5. The monoisotopic (exact) mass is 533 g/mol. The molecule has 4 rings (SSSR count). The van der Waals surface area contributed by atoms with E-state index in [0.29, 0.717) is 18.0 Å². The second kappa shape index (κ2) is 10.2. The van der Waals surface area contributed by atoms with Crippen LogP contribution >= 0.6 is 11.3 Å². The number of carbonyl (C=O) groups is 1. The van der Waals surface area contributed by atoms with E-state index in [2.05, 4.69) is 29.4 Å². The van der Waals surface area contributed by atoms with Crippen LogP contribution in [-0.4, -0.2) is 51.4 Å². The Hall–Kier alpha value is -2.60. The van der Waals surface area contributed by atoms with Crippen molar-refractivity contribution in [1.82, 2.24) is 9.29 Å². The number of hydrogen-bond donors (Lipinski definition) is 1. The molecular weight excluding hydrogens is 506 g/mol. The van der Waals surface area contributed by atoms with Crippen molar-refractivity contribution in [2.45, 2.75) is 36.0 Å². The Morgan fingerprint density at radius 3 is 2.34 bits per heavy atom. The number of benzene rings is 2. The first-order valence-electron chi connectivity index (χ1n) is 11.2. The van der Waals surface area contributed by atoms with Gasteiger partial charge < -0.3 is 5.32 Å². The number of sulfone groups is 1. The van der Waals surface area contributed by atoms with Crippen LogP contribution in [0, 0.1) is 5.92 Å². The van der Waals surface area contributed by atoms with Gasteiger partial charge in [-0.2, -0.15) is 4.31 Å². The normalized spacial score (nSPS) is 15.7. The van der Waals surface area contributed by atoms with Crippen LogP contribution in [0.5, 0.6) is 0 Å². The Morgan fingerprint density at radius 1 is 1.06 bits per heavy atom. The molecule has 0 radical (unpaired) electrons. The summed E-state index contributed by atoms with van der Waals surface area (Å²) in [7, 11) is -7.38. The number of nitrogens with one attached hydrogen (secondary N) is 1. The van der Waals surface area contributed by atoms with Crippen LogP contribution in [0.4, 0.5) is 5.13 Å². The van der Waals surface area contributed by atoms with Gasteiger partial charge in [0.15, 0.2) is 15.0 Å². The van der Waals surface area contributed by atoms with Gasteiger partial charge in [-0.05, 0) is 43.0 Å². The first-order valence-corrected chi connectivity index (χ1v) is 15.4. The summed E-state index contributed by atoms with van der Waals surface area (Å²) in [5.41, 5.74) is 3.02. The van der Waals surface area contributed by atoms with E-state index in [1.165, 1.54) is 45.5 Å². The molecule has 0 atom stereocenters. The molecule has 0 aliphatic carbocycles. The van der Waals surface area contributed by atoms with Gasteiger partial charge in [-0.25, -0.2) is 21.8 Å². The lowest BCUT2D eigenvalue weighted by Crippen LogP contribution is -2.41.